The lowest BCUT2D eigenvalue weighted by atomic mass is 9.55. The van der Waals surface area contributed by atoms with Crippen LogP contribution in [-0.4, -0.2) is 42.9 Å². The number of carbonyl (C=O) groups excluding carboxylic acids is 2. The molecule has 2 aliphatic heterocycles. The van der Waals surface area contributed by atoms with Crippen LogP contribution in [-0.2, 0) is 14.3 Å². The van der Waals surface area contributed by atoms with E-state index in [9.17, 15) is 9.59 Å². The Balaban J connectivity index is 1.90. The number of hydrogen-bond donors (Lipinski definition) is 0. The molecule has 22 heavy (non-hydrogen) atoms. The topological polar surface area (TPSA) is 51.0 Å². The normalized spacial score (nSPS) is 34.3. The van der Waals surface area contributed by atoms with E-state index in [0.717, 1.165) is 6.42 Å². The highest BCUT2D eigenvalue weighted by molar-refractivity contribution is 6.02. The Bertz CT molecular complexity index is 598. The molecule has 0 N–H and O–H groups in total. The summed E-state index contributed by atoms with van der Waals surface area (Å²) in [4.78, 5) is 30.3. The van der Waals surface area contributed by atoms with Crippen LogP contribution in [0.3, 0.4) is 0 Å². The summed E-state index contributed by atoms with van der Waals surface area (Å²) in [6, 6.07) is 0. The van der Waals surface area contributed by atoms with Gasteiger partial charge in [0.15, 0.2) is 5.78 Å². The van der Waals surface area contributed by atoms with Gasteiger partial charge in [-0.2, -0.15) is 0 Å². The van der Waals surface area contributed by atoms with Crippen LogP contribution in [0.2, 0.25) is 0 Å². The Kier molecular flexibility index (Phi) is 3.41. The molecule has 0 unspecified atom stereocenters. The molecule has 0 aromatic rings. The highest BCUT2D eigenvalue weighted by atomic mass is 16.5. The first kappa shape index (κ1) is 15.2. The van der Waals surface area contributed by atoms with Gasteiger partial charge in [0.25, 0.3) is 0 Å². The van der Waals surface area contributed by atoms with Crippen molar-refractivity contribution < 1.29 is 14.3 Å². The number of hydrogen-bond acceptors (Lipinski definition) is 3. The third-order valence-corrected chi connectivity index (χ3v) is 5.59. The van der Waals surface area contributed by atoms with Crippen LogP contribution in [0.5, 0.6) is 0 Å². The fraction of sp³-hybridized carbons (Fsp3) is 0.706. The number of carbonyl (C=O) groups is 2. The van der Waals surface area contributed by atoms with Crippen molar-refractivity contribution in [3.63, 3.8) is 0 Å². The highest BCUT2D eigenvalue weighted by Crippen LogP contribution is 2.52. The number of likely N-dealkylation sites (tertiary alicyclic amines) is 1. The fourth-order valence-electron chi connectivity index (χ4n) is 4.32. The molecule has 1 amide bonds. The molecule has 5 nitrogen and oxygen atoms in total. The number of ether oxygens (including phenoxy) is 1. The molecular formula is C17H22N2O3. The van der Waals surface area contributed by atoms with Gasteiger partial charge in [-0.05, 0) is 17.8 Å². The number of ketones is 1. The first-order valence-corrected chi connectivity index (χ1v) is 7.81. The lowest BCUT2D eigenvalue weighted by Gasteiger charge is -2.53. The number of rotatable bonds is 1. The second-order valence-corrected chi connectivity index (χ2v) is 7.53. The molecule has 0 radical (unpaired) electrons. The molecular weight excluding hydrogens is 280 g/mol. The summed E-state index contributed by atoms with van der Waals surface area (Å²) in [6.07, 6.45) is 2.62. The Labute approximate surface area is 131 Å². The first-order chi connectivity index (χ1) is 10.3. The molecule has 0 bridgehead atoms. The second-order valence-electron chi connectivity index (χ2n) is 7.53. The smallest absolute Gasteiger partial charge is 0.230 e. The summed E-state index contributed by atoms with van der Waals surface area (Å²) >= 11 is 0. The van der Waals surface area contributed by atoms with Crippen LogP contribution in [0, 0.1) is 29.2 Å². The van der Waals surface area contributed by atoms with Crippen LogP contribution in [0.25, 0.3) is 4.85 Å². The van der Waals surface area contributed by atoms with Gasteiger partial charge in [-0.15, -0.1) is 0 Å². The van der Waals surface area contributed by atoms with Crippen molar-refractivity contribution >= 4 is 11.7 Å². The minimum Gasteiger partial charge on any atom is -0.380 e. The Morgan fingerprint density at radius 2 is 2.09 bits per heavy atom. The zero-order valence-electron chi connectivity index (χ0n) is 13.4. The monoisotopic (exact) mass is 302 g/mol. The maximum atomic E-state index is 12.5. The van der Waals surface area contributed by atoms with Crippen molar-refractivity contribution in [3.05, 3.63) is 23.2 Å². The molecule has 118 valence electrons. The van der Waals surface area contributed by atoms with E-state index in [1.807, 2.05) is 24.8 Å². The van der Waals surface area contributed by atoms with Crippen LogP contribution in [0.1, 0.15) is 27.2 Å². The quantitative estimate of drug-likeness (QED) is 0.695. The lowest BCUT2D eigenvalue weighted by Crippen LogP contribution is -2.58. The lowest BCUT2D eigenvalue weighted by molar-refractivity contribution is -0.156. The molecule has 1 aliphatic carbocycles. The molecule has 0 aromatic carbocycles. The van der Waals surface area contributed by atoms with E-state index in [0.29, 0.717) is 26.3 Å². The number of Topliss-reactive ketones (excluding diaryl/α,β-unsaturated/α-hetero) is 1. The first-order valence-electron chi connectivity index (χ1n) is 7.81. The largest absolute Gasteiger partial charge is 0.380 e. The average molecular weight is 302 g/mol. The summed E-state index contributed by atoms with van der Waals surface area (Å²) in [7, 11) is 0. The molecule has 0 aromatic heterocycles. The zero-order valence-corrected chi connectivity index (χ0v) is 13.4. The average Bonchev–Trinajstić information content (AvgIpc) is 2.40. The fourth-order valence-corrected chi connectivity index (χ4v) is 4.32. The predicted octanol–water partition coefficient (Wildman–Crippen LogP) is 1.90. The van der Waals surface area contributed by atoms with E-state index < -0.39 is 5.41 Å². The predicted molar refractivity (Wildman–Crippen MR) is 80.6 cm³/mol. The Morgan fingerprint density at radius 3 is 2.64 bits per heavy atom. The van der Waals surface area contributed by atoms with Gasteiger partial charge in [-0.3, -0.25) is 4.79 Å². The Morgan fingerprint density at radius 1 is 1.41 bits per heavy atom. The van der Waals surface area contributed by atoms with Crippen LogP contribution in [0.4, 0.5) is 0 Å². The maximum absolute atomic E-state index is 12.5. The molecule has 0 spiro atoms. The number of allylic oxidation sites excluding steroid dienone is 1. The zero-order chi connectivity index (χ0) is 16.1. The van der Waals surface area contributed by atoms with Crippen molar-refractivity contribution in [1.29, 1.82) is 0 Å². The summed E-state index contributed by atoms with van der Waals surface area (Å²) < 4.78 is 5.12. The van der Waals surface area contributed by atoms with E-state index in [1.165, 1.54) is 0 Å². The van der Waals surface area contributed by atoms with Gasteiger partial charge in [0, 0.05) is 18.5 Å². The van der Waals surface area contributed by atoms with Crippen molar-refractivity contribution in [1.82, 2.24) is 4.90 Å². The number of amides is 1. The van der Waals surface area contributed by atoms with Gasteiger partial charge in [-0.25, -0.2) is 4.85 Å². The van der Waals surface area contributed by atoms with Gasteiger partial charge in [0.1, 0.15) is 0 Å². The van der Waals surface area contributed by atoms with E-state index in [4.69, 9.17) is 11.3 Å². The van der Waals surface area contributed by atoms with Crippen LogP contribution in [0.15, 0.2) is 11.8 Å². The SMILES string of the molecule is [C-]#[N+]C1=C[C@@]2(C)CN(C(=O)C3COC3)CC[C@@H]2C(C)(C)C1=O. The van der Waals surface area contributed by atoms with Crippen molar-refractivity contribution in [2.75, 3.05) is 26.3 Å². The van der Waals surface area contributed by atoms with E-state index in [-0.39, 0.29) is 34.6 Å². The molecule has 2 saturated heterocycles. The van der Waals surface area contributed by atoms with E-state index in [2.05, 4.69) is 11.8 Å². The van der Waals surface area contributed by atoms with Crippen molar-refractivity contribution in [3.8, 4) is 0 Å². The summed E-state index contributed by atoms with van der Waals surface area (Å²) in [6.45, 7) is 15.5. The van der Waals surface area contributed by atoms with Crippen LogP contribution < -0.4 is 0 Å². The third-order valence-electron chi connectivity index (χ3n) is 5.59. The van der Waals surface area contributed by atoms with Crippen molar-refractivity contribution in [2.45, 2.75) is 27.2 Å². The van der Waals surface area contributed by atoms with Crippen molar-refractivity contribution in [2.24, 2.45) is 22.7 Å². The van der Waals surface area contributed by atoms with E-state index in [1.54, 1.807) is 0 Å². The van der Waals surface area contributed by atoms with Gasteiger partial charge < -0.3 is 14.4 Å². The molecule has 2 heterocycles. The van der Waals surface area contributed by atoms with Gasteiger partial charge in [0.2, 0.25) is 11.6 Å². The number of nitrogens with zero attached hydrogens (tertiary/aromatic N) is 2. The van der Waals surface area contributed by atoms with Gasteiger partial charge in [0.05, 0.1) is 25.7 Å². The molecule has 5 heteroatoms. The van der Waals surface area contributed by atoms with Crippen LogP contribution >= 0.6 is 0 Å². The summed E-state index contributed by atoms with van der Waals surface area (Å²) in [5.74, 6) is 0.248. The molecule has 3 rings (SSSR count). The number of fused-ring (bicyclic) bond motifs is 1. The summed E-state index contributed by atoms with van der Waals surface area (Å²) in [5.41, 5.74) is -0.626. The second kappa shape index (κ2) is 4.92. The molecule has 2 fully saturated rings. The van der Waals surface area contributed by atoms with Gasteiger partial charge >= 0.3 is 0 Å². The van der Waals surface area contributed by atoms with E-state index >= 15 is 0 Å². The Hall–Kier alpha value is -1.67. The van der Waals surface area contributed by atoms with Gasteiger partial charge in [-0.1, -0.05) is 26.8 Å². The maximum Gasteiger partial charge on any atom is 0.230 e. The molecule has 0 saturated carbocycles. The summed E-state index contributed by atoms with van der Waals surface area (Å²) in [5, 5.41) is 0. The third kappa shape index (κ3) is 2.09. The molecule has 3 aliphatic rings. The highest BCUT2D eigenvalue weighted by Gasteiger charge is 2.54. The standard InChI is InChI=1S/C17H22N2O3/c1-16(2)13-5-6-19(15(21)11-8-22-9-11)10-17(13,3)7-12(18-4)14(16)20/h7,11,13H,5-6,8-10H2,1-3H3/t13-,17+/m1/s1. The number of piperidine rings is 1. The minimum absolute atomic E-state index is 0.0114. The minimum atomic E-state index is -0.544. The molecule has 2 atom stereocenters.